The summed E-state index contributed by atoms with van der Waals surface area (Å²) >= 11 is 0. The van der Waals surface area contributed by atoms with Crippen molar-refractivity contribution >= 4 is 5.91 Å². The lowest BCUT2D eigenvalue weighted by Gasteiger charge is -2.57. The van der Waals surface area contributed by atoms with E-state index in [9.17, 15) is 4.79 Å². The maximum absolute atomic E-state index is 13.9. The van der Waals surface area contributed by atoms with Crippen molar-refractivity contribution in [1.29, 1.82) is 0 Å². The van der Waals surface area contributed by atoms with E-state index in [2.05, 4.69) is 78.8 Å². The standard InChI is InChI=1S/C36H52N2O3/c1-6-21-37-22-20-36(30-17-13-18-32(23-30)40-4)25-31(24-34(41-5)33(36)27-37)38(26-28(2)3)35(39)19-12-8-11-16-29-14-9-7-10-15-29/h6-7,9-10,13-15,17-18,23,28,31,33-34H,1,8,11-12,16,19-22,24-27H2,2-5H3. The number of unbranched alkanes of at least 4 members (excludes halogenated alkanes) is 2. The van der Waals surface area contributed by atoms with Crippen LogP contribution in [-0.2, 0) is 21.4 Å². The number of ether oxygens (including phenoxy) is 2. The lowest BCUT2D eigenvalue weighted by atomic mass is 9.56. The van der Waals surface area contributed by atoms with Crippen LogP contribution >= 0.6 is 0 Å². The number of piperidine rings is 1. The molecular weight excluding hydrogens is 508 g/mol. The second-order valence-corrected chi connectivity index (χ2v) is 12.6. The Kier molecular flexibility index (Phi) is 11.5. The largest absolute Gasteiger partial charge is 0.497 e. The Balaban J connectivity index is 1.54. The fraction of sp³-hybridized carbons (Fsp3) is 0.583. The topological polar surface area (TPSA) is 42.0 Å². The van der Waals surface area contributed by atoms with Gasteiger partial charge in [0.2, 0.25) is 5.91 Å². The predicted octanol–water partition coefficient (Wildman–Crippen LogP) is 6.91. The zero-order valence-corrected chi connectivity index (χ0v) is 25.9. The van der Waals surface area contributed by atoms with Gasteiger partial charge in [0.05, 0.1) is 13.2 Å². The van der Waals surface area contributed by atoms with Crippen LogP contribution in [0.1, 0.15) is 69.9 Å². The molecule has 1 heterocycles. The molecule has 2 aromatic rings. The van der Waals surface area contributed by atoms with Crippen molar-refractivity contribution in [2.45, 2.75) is 82.8 Å². The van der Waals surface area contributed by atoms with Crippen LogP contribution in [0.25, 0.3) is 0 Å². The summed E-state index contributed by atoms with van der Waals surface area (Å²) in [6.45, 7) is 12.1. The summed E-state index contributed by atoms with van der Waals surface area (Å²) in [4.78, 5) is 18.6. The van der Waals surface area contributed by atoms with Crippen LogP contribution < -0.4 is 4.74 Å². The molecule has 0 spiro atoms. The maximum Gasteiger partial charge on any atom is 0.222 e. The van der Waals surface area contributed by atoms with Crippen molar-refractivity contribution in [2.75, 3.05) is 40.4 Å². The molecule has 1 saturated carbocycles. The molecule has 5 heteroatoms. The van der Waals surface area contributed by atoms with Gasteiger partial charge in [-0.15, -0.1) is 6.58 Å². The summed E-state index contributed by atoms with van der Waals surface area (Å²) in [6, 6.07) is 19.5. The molecule has 4 rings (SSSR count). The van der Waals surface area contributed by atoms with Gasteiger partial charge in [0.25, 0.3) is 0 Å². The third-order valence-electron chi connectivity index (χ3n) is 9.45. The molecule has 4 unspecified atom stereocenters. The lowest BCUT2D eigenvalue weighted by Crippen LogP contribution is -2.62. The minimum absolute atomic E-state index is 0.0685. The summed E-state index contributed by atoms with van der Waals surface area (Å²) in [5, 5.41) is 0. The molecular formula is C36H52N2O3. The average Bonchev–Trinajstić information content (AvgIpc) is 2.99. The second-order valence-electron chi connectivity index (χ2n) is 12.6. The van der Waals surface area contributed by atoms with E-state index in [1.165, 1.54) is 11.1 Å². The van der Waals surface area contributed by atoms with Gasteiger partial charge in [0, 0.05) is 50.5 Å². The first-order valence-electron chi connectivity index (χ1n) is 15.7. The number of aryl methyl sites for hydroxylation is 1. The third kappa shape index (κ3) is 7.81. The first kappa shape index (κ1) is 31.3. The molecule has 1 amide bonds. The van der Waals surface area contributed by atoms with E-state index in [0.29, 0.717) is 24.2 Å². The van der Waals surface area contributed by atoms with Crippen LogP contribution in [0.2, 0.25) is 0 Å². The van der Waals surface area contributed by atoms with Gasteiger partial charge in [-0.1, -0.05) is 68.8 Å². The fourth-order valence-electron chi connectivity index (χ4n) is 7.42. The Morgan fingerprint density at radius 2 is 1.93 bits per heavy atom. The molecule has 0 bridgehead atoms. The second kappa shape index (κ2) is 15.0. The number of fused-ring (bicyclic) bond motifs is 1. The third-order valence-corrected chi connectivity index (χ3v) is 9.45. The lowest BCUT2D eigenvalue weighted by molar-refractivity contribution is -0.140. The van der Waals surface area contributed by atoms with Gasteiger partial charge < -0.3 is 14.4 Å². The average molecular weight is 561 g/mol. The molecule has 224 valence electrons. The van der Waals surface area contributed by atoms with Crippen LogP contribution in [0, 0.1) is 11.8 Å². The fourth-order valence-corrected chi connectivity index (χ4v) is 7.42. The number of amides is 1. The highest BCUT2D eigenvalue weighted by Gasteiger charge is 2.53. The molecule has 1 saturated heterocycles. The number of carbonyl (C=O) groups is 1. The monoisotopic (exact) mass is 560 g/mol. The van der Waals surface area contributed by atoms with E-state index < -0.39 is 0 Å². The first-order chi connectivity index (χ1) is 19.9. The molecule has 41 heavy (non-hydrogen) atoms. The summed E-state index contributed by atoms with van der Waals surface area (Å²) in [5.74, 6) is 1.96. The van der Waals surface area contributed by atoms with E-state index in [4.69, 9.17) is 9.47 Å². The van der Waals surface area contributed by atoms with E-state index in [1.54, 1.807) is 7.11 Å². The number of rotatable bonds is 14. The Hall–Kier alpha value is -2.63. The number of hydrogen-bond donors (Lipinski definition) is 0. The molecule has 1 aliphatic heterocycles. The molecule has 1 aliphatic carbocycles. The van der Waals surface area contributed by atoms with E-state index in [1.807, 2.05) is 19.3 Å². The Morgan fingerprint density at radius 1 is 1.12 bits per heavy atom. The predicted molar refractivity (Wildman–Crippen MR) is 168 cm³/mol. The highest BCUT2D eigenvalue weighted by molar-refractivity contribution is 5.76. The van der Waals surface area contributed by atoms with E-state index >= 15 is 0 Å². The van der Waals surface area contributed by atoms with Crippen LogP contribution in [-0.4, -0.2) is 68.3 Å². The van der Waals surface area contributed by atoms with Crippen molar-refractivity contribution in [1.82, 2.24) is 9.80 Å². The zero-order chi connectivity index (χ0) is 29.2. The Labute approximate surface area is 248 Å². The molecule has 2 aromatic carbocycles. The van der Waals surface area contributed by atoms with Gasteiger partial charge in [-0.2, -0.15) is 0 Å². The zero-order valence-electron chi connectivity index (χ0n) is 25.9. The summed E-state index contributed by atoms with van der Waals surface area (Å²) in [6.07, 6.45) is 9.85. The minimum atomic E-state index is -0.0685. The van der Waals surface area contributed by atoms with Crippen molar-refractivity contribution in [3.8, 4) is 5.75 Å². The highest BCUT2D eigenvalue weighted by Crippen LogP contribution is 2.51. The summed E-state index contributed by atoms with van der Waals surface area (Å²) < 4.78 is 12.0. The quantitative estimate of drug-likeness (QED) is 0.186. The number of methoxy groups -OCH3 is 2. The van der Waals surface area contributed by atoms with Crippen molar-refractivity contribution in [2.24, 2.45) is 11.8 Å². The minimum Gasteiger partial charge on any atom is -0.497 e. The van der Waals surface area contributed by atoms with Crippen LogP contribution in [0.3, 0.4) is 0 Å². The summed E-state index contributed by atoms with van der Waals surface area (Å²) in [7, 11) is 3.60. The van der Waals surface area contributed by atoms with Crippen LogP contribution in [0.5, 0.6) is 5.75 Å². The van der Waals surface area contributed by atoms with Crippen molar-refractivity contribution in [3.05, 3.63) is 78.4 Å². The maximum atomic E-state index is 13.9. The van der Waals surface area contributed by atoms with Gasteiger partial charge in [0.1, 0.15) is 5.75 Å². The molecule has 0 N–H and O–H groups in total. The molecule has 0 radical (unpaired) electrons. The number of likely N-dealkylation sites (tertiary alicyclic amines) is 1. The first-order valence-corrected chi connectivity index (χ1v) is 15.7. The van der Waals surface area contributed by atoms with Gasteiger partial charge in [-0.05, 0) is 74.2 Å². The summed E-state index contributed by atoms with van der Waals surface area (Å²) in [5.41, 5.74) is 2.63. The van der Waals surface area contributed by atoms with Crippen molar-refractivity contribution < 1.29 is 14.3 Å². The normalized spacial score (nSPS) is 24.6. The van der Waals surface area contributed by atoms with Crippen LogP contribution in [0.15, 0.2) is 67.3 Å². The number of benzene rings is 2. The molecule has 5 nitrogen and oxygen atoms in total. The number of carbonyl (C=O) groups excluding carboxylic acids is 1. The number of nitrogens with zero attached hydrogens (tertiary/aromatic N) is 2. The van der Waals surface area contributed by atoms with Gasteiger partial charge in [0.15, 0.2) is 0 Å². The van der Waals surface area contributed by atoms with Gasteiger partial charge in [-0.25, -0.2) is 0 Å². The molecule has 2 aliphatic rings. The molecule has 4 atom stereocenters. The van der Waals surface area contributed by atoms with E-state index in [-0.39, 0.29) is 17.6 Å². The molecule has 0 aromatic heterocycles. The van der Waals surface area contributed by atoms with E-state index in [0.717, 1.165) is 76.9 Å². The highest BCUT2D eigenvalue weighted by atomic mass is 16.5. The Morgan fingerprint density at radius 3 is 2.63 bits per heavy atom. The van der Waals surface area contributed by atoms with Gasteiger partial charge in [-0.3, -0.25) is 9.69 Å². The SMILES string of the molecule is C=CCN1CCC2(c3cccc(OC)c3)CC(N(CC(C)C)C(=O)CCCCCc3ccccc3)CC(OC)C2C1. The molecule has 2 fully saturated rings. The Bertz CT molecular complexity index is 1100. The van der Waals surface area contributed by atoms with Crippen molar-refractivity contribution in [3.63, 3.8) is 0 Å². The van der Waals surface area contributed by atoms with Gasteiger partial charge >= 0.3 is 0 Å². The van der Waals surface area contributed by atoms with Crippen LogP contribution in [0.4, 0.5) is 0 Å². The smallest absolute Gasteiger partial charge is 0.222 e. The number of hydrogen-bond acceptors (Lipinski definition) is 4.